The Balaban J connectivity index is 2.27. The van der Waals surface area contributed by atoms with Crippen molar-refractivity contribution in [3.05, 3.63) is 23.1 Å². The van der Waals surface area contributed by atoms with Gasteiger partial charge in [0.1, 0.15) is 5.76 Å². The minimum Gasteiger partial charge on any atom is -0.448 e. The summed E-state index contributed by atoms with van der Waals surface area (Å²) in [5.41, 5.74) is 5.28. The highest BCUT2D eigenvalue weighted by Crippen LogP contribution is 2.12. The van der Waals surface area contributed by atoms with E-state index in [2.05, 4.69) is 5.32 Å². The fraction of sp³-hybridized carbons (Fsp3) is 0.429. The van der Waals surface area contributed by atoms with Crippen molar-refractivity contribution in [3.8, 4) is 0 Å². The fourth-order valence-corrected chi connectivity index (χ4v) is 0.922. The van der Waals surface area contributed by atoms with Crippen LogP contribution in [0.4, 0.5) is 0 Å². The van der Waals surface area contributed by atoms with Crippen LogP contribution in [0.3, 0.4) is 0 Å². The third-order valence-electron chi connectivity index (χ3n) is 1.25. The maximum Gasteiger partial charge on any atom is 0.193 e. The van der Waals surface area contributed by atoms with Crippen LogP contribution < -0.4 is 11.1 Å². The largest absolute Gasteiger partial charge is 0.448 e. The SMILES string of the molecule is NCCNCc1ccc(Cl)o1. The van der Waals surface area contributed by atoms with E-state index in [1.165, 1.54) is 0 Å². The van der Waals surface area contributed by atoms with Crippen LogP contribution in [0.2, 0.25) is 5.22 Å². The highest BCUT2D eigenvalue weighted by molar-refractivity contribution is 6.28. The minimum atomic E-state index is 0.426. The number of nitrogens with two attached hydrogens (primary N) is 1. The topological polar surface area (TPSA) is 51.2 Å². The van der Waals surface area contributed by atoms with Crippen molar-refractivity contribution < 1.29 is 4.42 Å². The lowest BCUT2D eigenvalue weighted by molar-refractivity contribution is 0.487. The molecule has 62 valence electrons. The Hall–Kier alpha value is -0.510. The lowest BCUT2D eigenvalue weighted by Crippen LogP contribution is -2.21. The van der Waals surface area contributed by atoms with E-state index in [4.69, 9.17) is 21.8 Å². The molecule has 3 N–H and O–H groups in total. The van der Waals surface area contributed by atoms with Crippen LogP contribution in [0.25, 0.3) is 0 Å². The smallest absolute Gasteiger partial charge is 0.193 e. The minimum absolute atomic E-state index is 0.426. The Morgan fingerprint density at radius 1 is 1.55 bits per heavy atom. The van der Waals surface area contributed by atoms with Gasteiger partial charge in [0.05, 0.1) is 6.54 Å². The van der Waals surface area contributed by atoms with Crippen LogP contribution in [0.5, 0.6) is 0 Å². The number of hydrogen-bond acceptors (Lipinski definition) is 3. The molecule has 0 bridgehead atoms. The van der Waals surface area contributed by atoms with Crippen LogP contribution in [-0.2, 0) is 6.54 Å². The Morgan fingerprint density at radius 3 is 2.91 bits per heavy atom. The molecule has 4 heteroatoms. The number of nitrogens with one attached hydrogen (secondary N) is 1. The van der Waals surface area contributed by atoms with E-state index in [1.54, 1.807) is 6.07 Å². The second-order valence-electron chi connectivity index (χ2n) is 2.17. The van der Waals surface area contributed by atoms with Gasteiger partial charge >= 0.3 is 0 Å². The molecule has 0 amide bonds. The molecule has 1 heterocycles. The Labute approximate surface area is 70.5 Å². The molecule has 0 aromatic carbocycles. The van der Waals surface area contributed by atoms with Gasteiger partial charge in [-0.05, 0) is 23.7 Å². The maximum absolute atomic E-state index is 5.55. The molecule has 0 aliphatic rings. The van der Waals surface area contributed by atoms with Crippen molar-refractivity contribution in [1.29, 1.82) is 0 Å². The summed E-state index contributed by atoms with van der Waals surface area (Å²) in [6.07, 6.45) is 0. The van der Waals surface area contributed by atoms with E-state index in [-0.39, 0.29) is 0 Å². The molecular weight excluding hydrogens is 164 g/mol. The molecule has 0 saturated carbocycles. The zero-order valence-corrected chi connectivity index (χ0v) is 6.90. The van der Waals surface area contributed by atoms with Gasteiger partial charge in [0.25, 0.3) is 0 Å². The van der Waals surface area contributed by atoms with Crippen LogP contribution in [0.15, 0.2) is 16.5 Å². The third kappa shape index (κ3) is 2.93. The second kappa shape index (κ2) is 4.38. The highest BCUT2D eigenvalue weighted by Gasteiger charge is 1.96. The van der Waals surface area contributed by atoms with E-state index in [9.17, 15) is 0 Å². The summed E-state index contributed by atoms with van der Waals surface area (Å²) in [4.78, 5) is 0. The van der Waals surface area contributed by atoms with Gasteiger partial charge in [-0.15, -0.1) is 0 Å². The summed E-state index contributed by atoms with van der Waals surface area (Å²) < 4.78 is 5.09. The zero-order chi connectivity index (χ0) is 8.10. The van der Waals surface area contributed by atoms with E-state index < -0.39 is 0 Å². The van der Waals surface area contributed by atoms with Gasteiger partial charge in [0.2, 0.25) is 0 Å². The predicted octanol–water partition coefficient (Wildman–Crippen LogP) is 0.981. The summed E-state index contributed by atoms with van der Waals surface area (Å²) in [6, 6.07) is 3.56. The Morgan fingerprint density at radius 2 is 2.36 bits per heavy atom. The molecular formula is C7H11ClN2O. The molecule has 0 spiro atoms. The molecule has 0 unspecified atom stereocenters. The van der Waals surface area contributed by atoms with E-state index in [0.29, 0.717) is 18.3 Å². The maximum atomic E-state index is 5.55. The van der Waals surface area contributed by atoms with E-state index in [1.807, 2.05) is 6.07 Å². The molecule has 0 saturated heterocycles. The van der Waals surface area contributed by atoms with Crippen molar-refractivity contribution in [2.24, 2.45) is 5.73 Å². The number of rotatable bonds is 4. The average Bonchev–Trinajstić information content (AvgIpc) is 2.37. The third-order valence-corrected chi connectivity index (χ3v) is 1.45. The molecule has 1 rings (SSSR count). The number of halogens is 1. The lowest BCUT2D eigenvalue weighted by atomic mass is 10.4. The first-order valence-electron chi connectivity index (χ1n) is 3.48. The summed E-state index contributed by atoms with van der Waals surface area (Å²) in [5, 5.41) is 3.51. The standard InChI is InChI=1S/C7H11ClN2O/c8-7-2-1-6(11-7)5-10-4-3-9/h1-2,10H,3-5,9H2. The van der Waals surface area contributed by atoms with Crippen molar-refractivity contribution in [1.82, 2.24) is 5.32 Å². The summed E-state index contributed by atoms with van der Waals surface area (Å²) >= 11 is 5.55. The van der Waals surface area contributed by atoms with Gasteiger partial charge in [-0.25, -0.2) is 0 Å². The van der Waals surface area contributed by atoms with Crippen LogP contribution in [0.1, 0.15) is 5.76 Å². The van der Waals surface area contributed by atoms with Crippen molar-refractivity contribution in [2.45, 2.75) is 6.54 Å². The molecule has 3 nitrogen and oxygen atoms in total. The van der Waals surface area contributed by atoms with Crippen LogP contribution in [0, 0.1) is 0 Å². The van der Waals surface area contributed by atoms with Crippen molar-refractivity contribution >= 4 is 11.6 Å². The van der Waals surface area contributed by atoms with Gasteiger partial charge in [-0.3, -0.25) is 0 Å². The average molecular weight is 175 g/mol. The number of hydrogen-bond donors (Lipinski definition) is 2. The first kappa shape index (κ1) is 8.59. The molecule has 1 aromatic rings. The first-order valence-corrected chi connectivity index (χ1v) is 3.85. The molecule has 11 heavy (non-hydrogen) atoms. The Kier molecular flexibility index (Phi) is 3.42. The van der Waals surface area contributed by atoms with Crippen molar-refractivity contribution in [3.63, 3.8) is 0 Å². The van der Waals surface area contributed by atoms with E-state index >= 15 is 0 Å². The monoisotopic (exact) mass is 174 g/mol. The fourth-order valence-electron chi connectivity index (χ4n) is 0.760. The lowest BCUT2D eigenvalue weighted by Gasteiger charge is -1.97. The predicted molar refractivity (Wildman–Crippen MR) is 44.5 cm³/mol. The van der Waals surface area contributed by atoms with Gasteiger partial charge < -0.3 is 15.5 Å². The summed E-state index contributed by atoms with van der Waals surface area (Å²) in [6.45, 7) is 2.11. The highest BCUT2D eigenvalue weighted by atomic mass is 35.5. The molecule has 1 aromatic heterocycles. The molecule has 0 fully saturated rings. The van der Waals surface area contributed by atoms with Gasteiger partial charge in [0, 0.05) is 13.1 Å². The number of furan rings is 1. The van der Waals surface area contributed by atoms with Gasteiger partial charge in [-0.2, -0.15) is 0 Å². The Bertz CT molecular complexity index is 212. The summed E-state index contributed by atoms with van der Waals surface area (Å²) in [7, 11) is 0. The van der Waals surface area contributed by atoms with Crippen molar-refractivity contribution in [2.75, 3.05) is 13.1 Å². The van der Waals surface area contributed by atoms with Gasteiger partial charge in [-0.1, -0.05) is 0 Å². The zero-order valence-electron chi connectivity index (χ0n) is 6.14. The van der Waals surface area contributed by atoms with Crippen LogP contribution in [-0.4, -0.2) is 13.1 Å². The normalized spacial score (nSPS) is 10.4. The summed E-state index contributed by atoms with van der Waals surface area (Å²) in [5.74, 6) is 0.837. The molecule has 0 aliphatic heterocycles. The van der Waals surface area contributed by atoms with Gasteiger partial charge in [0.15, 0.2) is 5.22 Å². The molecule has 0 radical (unpaired) electrons. The first-order chi connectivity index (χ1) is 5.33. The van der Waals surface area contributed by atoms with E-state index in [0.717, 1.165) is 12.3 Å². The molecule has 0 atom stereocenters. The quantitative estimate of drug-likeness (QED) is 0.670. The second-order valence-corrected chi connectivity index (χ2v) is 2.54. The molecule has 0 aliphatic carbocycles. The van der Waals surface area contributed by atoms with Crippen LogP contribution >= 0.6 is 11.6 Å².